The Morgan fingerprint density at radius 2 is 2.18 bits per heavy atom. The summed E-state index contributed by atoms with van der Waals surface area (Å²) >= 11 is 0. The first-order valence-corrected chi connectivity index (χ1v) is 5.77. The fourth-order valence-corrected chi connectivity index (χ4v) is 1.91. The third-order valence-corrected chi connectivity index (χ3v) is 2.84. The summed E-state index contributed by atoms with van der Waals surface area (Å²) < 4.78 is 4.62. The number of hydrogen-bond acceptors (Lipinski definition) is 4. The van der Waals surface area contributed by atoms with Gasteiger partial charge in [-0.25, -0.2) is 4.79 Å². The van der Waals surface area contributed by atoms with Gasteiger partial charge in [-0.05, 0) is 13.3 Å². The first-order chi connectivity index (χ1) is 8.02. The van der Waals surface area contributed by atoms with Crippen LogP contribution in [0.4, 0.5) is 0 Å². The summed E-state index contributed by atoms with van der Waals surface area (Å²) in [6, 6.07) is 0.235. The molecule has 17 heavy (non-hydrogen) atoms. The average molecular weight is 240 g/mol. The molecule has 5 nitrogen and oxygen atoms in total. The van der Waals surface area contributed by atoms with Crippen LogP contribution in [0.15, 0.2) is 11.6 Å². The largest absolute Gasteiger partial charge is 0.466 e. The number of carbonyl (C=O) groups is 2. The molecule has 0 aromatic carbocycles. The number of hydrogen-bond donors (Lipinski definition) is 1. The van der Waals surface area contributed by atoms with Crippen molar-refractivity contribution >= 4 is 11.9 Å². The van der Waals surface area contributed by atoms with Crippen molar-refractivity contribution in [2.75, 3.05) is 26.7 Å². The molecule has 96 valence electrons. The van der Waals surface area contributed by atoms with E-state index in [4.69, 9.17) is 0 Å². The summed E-state index contributed by atoms with van der Waals surface area (Å²) in [7, 11) is 1.38. The lowest BCUT2D eigenvalue weighted by Gasteiger charge is -2.14. The standard InChI is InChI=1S/C12H20N2O3/c1-9(12(16)17-3)4-6-14-7-5-11(8-14)13-10(2)15/h4,11H,5-8H2,1-3H3,(H,13,15). The van der Waals surface area contributed by atoms with Crippen LogP contribution in [0.5, 0.6) is 0 Å². The summed E-state index contributed by atoms with van der Waals surface area (Å²) in [6.45, 7) is 5.77. The Morgan fingerprint density at radius 1 is 1.47 bits per heavy atom. The molecule has 1 unspecified atom stereocenters. The lowest BCUT2D eigenvalue weighted by molar-refractivity contribution is -0.136. The zero-order valence-corrected chi connectivity index (χ0v) is 10.7. The van der Waals surface area contributed by atoms with Crippen LogP contribution in [0.1, 0.15) is 20.3 Å². The van der Waals surface area contributed by atoms with Crippen LogP contribution in [-0.2, 0) is 14.3 Å². The third-order valence-electron chi connectivity index (χ3n) is 2.84. The molecule has 1 fully saturated rings. The number of likely N-dealkylation sites (tertiary alicyclic amines) is 1. The highest BCUT2D eigenvalue weighted by Gasteiger charge is 2.22. The maximum atomic E-state index is 11.2. The predicted molar refractivity (Wildman–Crippen MR) is 64.4 cm³/mol. The number of rotatable bonds is 4. The number of nitrogens with zero attached hydrogens (tertiary/aromatic N) is 1. The Kier molecular flexibility index (Phi) is 5.15. The lowest BCUT2D eigenvalue weighted by Crippen LogP contribution is -2.35. The molecule has 1 amide bonds. The molecule has 1 rings (SSSR count). The van der Waals surface area contributed by atoms with Gasteiger partial charge in [0.1, 0.15) is 0 Å². The van der Waals surface area contributed by atoms with Crippen molar-refractivity contribution in [3.05, 3.63) is 11.6 Å². The Morgan fingerprint density at radius 3 is 2.76 bits per heavy atom. The molecule has 0 aliphatic carbocycles. The summed E-state index contributed by atoms with van der Waals surface area (Å²) in [5, 5.41) is 2.90. The van der Waals surface area contributed by atoms with Gasteiger partial charge in [0.25, 0.3) is 0 Å². The van der Waals surface area contributed by atoms with Gasteiger partial charge in [-0.1, -0.05) is 6.08 Å². The molecule has 0 aromatic rings. The van der Waals surface area contributed by atoms with E-state index in [9.17, 15) is 9.59 Å². The SMILES string of the molecule is COC(=O)C(C)=CCN1CCC(NC(C)=O)C1. The maximum Gasteiger partial charge on any atom is 0.333 e. The van der Waals surface area contributed by atoms with Gasteiger partial charge in [-0.15, -0.1) is 0 Å². The molecule has 1 heterocycles. The van der Waals surface area contributed by atoms with Crippen molar-refractivity contribution in [3.8, 4) is 0 Å². The van der Waals surface area contributed by atoms with E-state index in [2.05, 4.69) is 15.0 Å². The van der Waals surface area contributed by atoms with Crippen molar-refractivity contribution in [2.45, 2.75) is 26.3 Å². The predicted octanol–water partition coefficient (Wildman–Crippen LogP) is 0.316. The van der Waals surface area contributed by atoms with E-state index in [-0.39, 0.29) is 17.9 Å². The fourth-order valence-electron chi connectivity index (χ4n) is 1.91. The molecule has 5 heteroatoms. The monoisotopic (exact) mass is 240 g/mol. The number of amides is 1. The zero-order valence-electron chi connectivity index (χ0n) is 10.7. The summed E-state index contributed by atoms with van der Waals surface area (Å²) in [6.07, 6.45) is 2.83. The minimum Gasteiger partial charge on any atom is -0.466 e. The molecule has 1 N–H and O–H groups in total. The van der Waals surface area contributed by atoms with Gasteiger partial charge >= 0.3 is 5.97 Å². The molecule has 0 radical (unpaired) electrons. The highest BCUT2D eigenvalue weighted by Crippen LogP contribution is 2.09. The van der Waals surface area contributed by atoms with Crippen LogP contribution in [-0.4, -0.2) is 49.6 Å². The Balaban J connectivity index is 2.35. The number of ether oxygens (including phenoxy) is 1. The maximum absolute atomic E-state index is 11.2. The molecule has 0 saturated carbocycles. The van der Waals surface area contributed by atoms with Gasteiger partial charge in [0, 0.05) is 38.2 Å². The van der Waals surface area contributed by atoms with Crippen LogP contribution < -0.4 is 5.32 Å². The van der Waals surface area contributed by atoms with E-state index in [1.54, 1.807) is 6.92 Å². The first kappa shape index (κ1) is 13.7. The van der Waals surface area contributed by atoms with Gasteiger partial charge in [0.05, 0.1) is 7.11 Å². The zero-order chi connectivity index (χ0) is 12.8. The number of nitrogens with one attached hydrogen (secondary N) is 1. The molecule has 0 aromatic heterocycles. The second-order valence-electron chi connectivity index (χ2n) is 4.32. The molecule has 0 bridgehead atoms. The Labute approximate surface area is 102 Å². The smallest absolute Gasteiger partial charge is 0.333 e. The van der Waals surface area contributed by atoms with Crippen LogP contribution >= 0.6 is 0 Å². The molecule has 1 aliphatic heterocycles. The van der Waals surface area contributed by atoms with E-state index >= 15 is 0 Å². The third kappa shape index (κ3) is 4.56. The molecule has 1 aliphatic rings. The quantitative estimate of drug-likeness (QED) is 0.568. The number of esters is 1. The minimum atomic E-state index is -0.289. The van der Waals surface area contributed by atoms with Crippen molar-refractivity contribution in [1.82, 2.24) is 10.2 Å². The highest BCUT2D eigenvalue weighted by molar-refractivity contribution is 5.87. The van der Waals surface area contributed by atoms with Crippen LogP contribution in [0.3, 0.4) is 0 Å². The number of methoxy groups -OCH3 is 1. The molecule has 1 saturated heterocycles. The summed E-state index contributed by atoms with van der Waals surface area (Å²) in [5.74, 6) is -0.277. The summed E-state index contributed by atoms with van der Waals surface area (Å²) in [5.41, 5.74) is 0.621. The van der Waals surface area contributed by atoms with Gasteiger partial charge in [-0.3, -0.25) is 9.69 Å². The van der Waals surface area contributed by atoms with E-state index in [0.717, 1.165) is 26.1 Å². The molecular formula is C12H20N2O3. The van der Waals surface area contributed by atoms with Crippen molar-refractivity contribution in [1.29, 1.82) is 0 Å². The first-order valence-electron chi connectivity index (χ1n) is 5.77. The molecule has 0 spiro atoms. The van der Waals surface area contributed by atoms with Crippen LogP contribution in [0, 0.1) is 0 Å². The van der Waals surface area contributed by atoms with Gasteiger partial charge < -0.3 is 10.1 Å². The van der Waals surface area contributed by atoms with Gasteiger partial charge in [-0.2, -0.15) is 0 Å². The normalized spacial score (nSPS) is 21.4. The minimum absolute atomic E-state index is 0.0122. The van der Waals surface area contributed by atoms with Crippen molar-refractivity contribution < 1.29 is 14.3 Å². The van der Waals surface area contributed by atoms with Crippen molar-refractivity contribution in [2.24, 2.45) is 0 Å². The van der Waals surface area contributed by atoms with E-state index in [0.29, 0.717) is 5.57 Å². The fraction of sp³-hybridized carbons (Fsp3) is 0.667. The van der Waals surface area contributed by atoms with Crippen molar-refractivity contribution in [3.63, 3.8) is 0 Å². The van der Waals surface area contributed by atoms with Crippen LogP contribution in [0.2, 0.25) is 0 Å². The number of carbonyl (C=O) groups excluding carboxylic acids is 2. The topological polar surface area (TPSA) is 58.6 Å². The van der Waals surface area contributed by atoms with E-state index in [1.165, 1.54) is 14.0 Å². The average Bonchev–Trinajstić information content (AvgIpc) is 2.71. The van der Waals surface area contributed by atoms with Crippen LogP contribution in [0.25, 0.3) is 0 Å². The second-order valence-corrected chi connectivity index (χ2v) is 4.32. The Bertz CT molecular complexity index is 326. The second kappa shape index (κ2) is 6.39. The molecular weight excluding hydrogens is 220 g/mol. The van der Waals surface area contributed by atoms with E-state index in [1.807, 2.05) is 6.08 Å². The van der Waals surface area contributed by atoms with E-state index < -0.39 is 0 Å². The Hall–Kier alpha value is -1.36. The van der Waals surface area contributed by atoms with Gasteiger partial charge in [0.2, 0.25) is 5.91 Å². The molecule has 1 atom stereocenters. The van der Waals surface area contributed by atoms with Gasteiger partial charge in [0.15, 0.2) is 0 Å². The lowest BCUT2D eigenvalue weighted by atomic mass is 10.2. The summed E-state index contributed by atoms with van der Waals surface area (Å²) in [4.78, 5) is 24.3. The highest BCUT2D eigenvalue weighted by atomic mass is 16.5.